The van der Waals surface area contributed by atoms with E-state index in [1.165, 1.54) is 0 Å². The average Bonchev–Trinajstić information content (AvgIpc) is 2.81. The lowest BCUT2D eigenvalue weighted by molar-refractivity contribution is 0.103. The van der Waals surface area contributed by atoms with Gasteiger partial charge < -0.3 is 14.0 Å². The summed E-state index contributed by atoms with van der Waals surface area (Å²) in [5, 5.41) is 0.436. The van der Waals surface area contributed by atoms with E-state index in [1.54, 1.807) is 56.8 Å². The zero-order valence-corrected chi connectivity index (χ0v) is 16.8. The van der Waals surface area contributed by atoms with Crippen LogP contribution in [0.1, 0.15) is 21.5 Å². The van der Waals surface area contributed by atoms with Gasteiger partial charge in [0.25, 0.3) is 0 Å². The number of aromatic nitrogens is 1. The van der Waals surface area contributed by atoms with Crippen molar-refractivity contribution in [2.24, 2.45) is 0 Å². The van der Waals surface area contributed by atoms with E-state index in [1.807, 2.05) is 41.0 Å². The van der Waals surface area contributed by atoms with Crippen LogP contribution in [0.15, 0.2) is 83.8 Å². The first-order valence-electron chi connectivity index (χ1n) is 9.55. The largest absolute Gasteiger partial charge is 0.497 e. The second-order valence-corrected chi connectivity index (χ2v) is 6.89. The minimum Gasteiger partial charge on any atom is -0.497 e. The molecule has 0 aliphatic carbocycles. The van der Waals surface area contributed by atoms with Crippen LogP contribution >= 0.6 is 0 Å². The van der Waals surface area contributed by atoms with Crippen molar-refractivity contribution in [3.05, 3.63) is 106 Å². The van der Waals surface area contributed by atoms with Gasteiger partial charge in [0, 0.05) is 17.3 Å². The number of methoxy groups -OCH3 is 2. The molecule has 0 bridgehead atoms. The van der Waals surface area contributed by atoms with Crippen LogP contribution in [0.3, 0.4) is 0 Å². The summed E-state index contributed by atoms with van der Waals surface area (Å²) in [4.78, 5) is 26.3. The molecular formula is C25H21NO4. The summed E-state index contributed by atoms with van der Waals surface area (Å²) in [5.41, 5.74) is 1.95. The quantitative estimate of drug-likeness (QED) is 0.454. The first-order valence-corrected chi connectivity index (χ1v) is 9.55. The van der Waals surface area contributed by atoms with Crippen LogP contribution in [-0.2, 0) is 6.54 Å². The number of carbonyl (C=O) groups excluding carboxylic acids is 1. The maximum atomic E-state index is 13.2. The Morgan fingerprint density at radius 1 is 0.900 bits per heavy atom. The molecule has 30 heavy (non-hydrogen) atoms. The maximum absolute atomic E-state index is 13.2. The molecule has 1 aromatic heterocycles. The second kappa shape index (κ2) is 8.25. The molecule has 0 aliphatic rings. The Hall–Kier alpha value is -3.86. The van der Waals surface area contributed by atoms with Crippen molar-refractivity contribution in [1.82, 2.24) is 4.57 Å². The van der Waals surface area contributed by atoms with Gasteiger partial charge in [-0.25, -0.2) is 0 Å². The monoisotopic (exact) mass is 399 g/mol. The van der Waals surface area contributed by atoms with Crippen LogP contribution in [-0.4, -0.2) is 24.6 Å². The smallest absolute Gasteiger partial charge is 0.200 e. The summed E-state index contributed by atoms with van der Waals surface area (Å²) >= 11 is 0. The number of hydrogen-bond acceptors (Lipinski definition) is 4. The van der Waals surface area contributed by atoms with Gasteiger partial charge in [0.05, 0.1) is 37.2 Å². The minimum absolute atomic E-state index is 0.122. The third kappa shape index (κ3) is 3.57. The van der Waals surface area contributed by atoms with Crippen LogP contribution in [0.2, 0.25) is 0 Å². The van der Waals surface area contributed by atoms with Crippen molar-refractivity contribution in [3.63, 3.8) is 0 Å². The molecule has 0 amide bonds. The first kappa shape index (κ1) is 19.5. The van der Waals surface area contributed by atoms with Gasteiger partial charge in [0.1, 0.15) is 11.5 Å². The molecule has 5 nitrogen and oxygen atoms in total. The summed E-state index contributed by atoms with van der Waals surface area (Å²) in [5.74, 6) is 1.00. The molecule has 0 unspecified atom stereocenters. The lowest BCUT2D eigenvalue weighted by Crippen LogP contribution is -2.20. The molecule has 1 heterocycles. The molecule has 150 valence electrons. The Morgan fingerprint density at radius 3 is 2.37 bits per heavy atom. The summed E-state index contributed by atoms with van der Waals surface area (Å²) in [6.45, 7) is 0.447. The molecule has 0 saturated heterocycles. The van der Waals surface area contributed by atoms with Crippen molar-refractivity contribution in [2.75, 3.05) is 14.2 Å². The number of nitrogens with zero attached hydrogens (tertiary/aromatic N) is 1. The molecule has 4 aromatic rings. The van der Waals surface area contributed by atoms with Gasteiger partial charge in [-0.05, 0) is 24.3 Å². The van der Waals surface area contributed by atoms with Crippen LogP contribution in [0.25, 0.3) is 10.9 Å². The van der Waals surface area contributed by atoms with Gasteiger partial charge >= 0.3 is 0 Å². The summed E-state index contributed by atoms with van der Waals surface area (Å²) in [6, 6.07) is 21.8. The number of pyridine rings is 1. The molecule has 0 aliphatic heterocycles. The van der Waals surface area contributed by atoms with Gasteiger partial charge in [-0.3, -0.25) is 9.59 Å². The van der Waals surface area contributed by atoms with Gasteiger partial charge in [-0.1, -0.05) is 48.5 Å². The van der Waals surface area contributed by atoms with E-state index in [4.69, 9.17) is 9.47 Å². The van der Waals surface area contributed by atoms with E-state index in [9.17, 15) is 9.59 Å². The summed E-state index contributed by atoms with van der Waals surface area (Å²) < 4.78 is 12.7. The number of fused-ring (bicyclic) bond motifs is 1. The standard InChI is InChI=1S/C25H21NO4/c1-29-19-12-13-22-20(14-19)25(28)21(24(27)17-8-4-3-5-9-17)16-26(22)15-18-10-6-7-11-23(18)30-2/h3-14,16H,15H2,1-2H3. The fraction of sp³-hybridized carbons (Fsp3) is 0.120. The van der Waals surface area contributed by atoms with E-state index in [0.717, 1.165) is 16.8 Å². The summed E-state index contributed by atoms with van der Waals surface area (Å²) in [7, 11) is 3.17. The van der Waals surface area contributed by atoms with Gasteiger partial charge in [0.15, 0.2) is 5.78 Å². The predicted molar refractivity (Wildman–Crippen MR) is 117 cm³/mol. The lowest BCUT2D eigenvalue weighted by atomic mass is 10.0. The number of ether oxygens (including phenoxy) is 2. The first-order chi connectivity index (χ1) is 14.6. The van der Waals surface area contributed by atoms with E-state index in [-0.39, 0.29) is 16.8 Å². The third-order valence-corrected chi connectivity index (χ3v) is 5.10. The van der Waals surface area contributed by atoms with E-state index in [0.29, 0.717) is 23.2 Å². The van der Waals surface area contributed by atoms with Crippen molar-refractivity contribution < 1.29 is 14.3 Å². The molecule has 4 rings (SSSR count). The number of carbonyl (C=O) groups is 1. The Bertz CT molecular complexity index is 1280. The number of rotatable bonds is 6. The van der Waals surface area contributed by atoms with Crippen LogP contribution in [0, 0.1) is 0 Å². The average molecular weight is 399 g/mol. The molecular weight excluding hydrogens is 378 g/mol. The fourth-order valence-corrected chi connectivity index (χ4v) is 3.56. The number of hydrogen-bond donors (Lipinski definition) is 0. The lowest BCUT2D eigenvalue weighted by Gasteiger charge is -2.16. The fourth-order valence-electron chi connectivity index (χ4n) is 3.56. The van der Waals surface area contributed by atoms with Crippen LogP contribution in [0.5, 0.6) is 11.5 Å². The van der Waals surface area contributed by atoms with Crippen molar-refractivity contribution in [3.8, 4) is 11.5 Å². The highest BCUT2D eigenvalue weighted by atomic mass is 16.5. The Labute approximate surface area is 174 Å². The maximum Gasteiger partial charge on any atom is 0.200 e. The number of benzene rings is 3. The highest BCUT2D eigenvalue weighted by Gasteiger charge is 2.18. The highest BCUT2D eigenvalue weighted by molar-refractivity contribution is 6.10. The van der Waals surface area contributed by atoms with Gasteiger partial charge in [-0.15, -0.1) is 0 Å². The normalized spacial score (nSPS) is 10.7. The number of para-hydroxylation sites is 1. The molecule has 3 aromatic carbocycles. The van der Waals surface area contributed by atoms with Crippen LogP contribution < -0.4 is 14.9 Å². The summed E-state index contributed by atoms with van der Waals surface area (Å²) in [6.07, 6.45) is 1.64. The zero-order valence-electron chi connectivity index (χ0n) is 16.8. The number of ketones is 1. The van der Waals surface area contributed by atoms with Crippen molar-refractivity contribution >= 4 is 16.7 Å². The Morgan fingerprint density at radius 2 is 1.63 bits per heavy atom. The molecule has 0 N–H and O–H groups in total. The zero-order chi connectivity index (χ0) is 21.1. The second-order valence-electron chi connectivity index (χ2n) is 6.89. The van der Waals surface area contributed by atoms with Crippen molar-refractivity contribution in [2.45, 2.75) is 6.54 Å². The topological polar surface area (TPSA) is 57.5 Å². The van der Waals surface area contributed by atoms with E-state index in [2.05, 4.69) is 0 Å². The third-order valence-electron chi connectivity index (χ3n) is 5.10. The molecule has 0 radical (unpaired) electrons. The Kier molecular flexibility index (Phi) is 5.35. The predicted octanol–water partition coefficient (Wildman–Crippen LogP) is 4.30. The highest BCUT2D eigenvalue weighted by Crippen LogP contribution is 2.24. The molecule has 0 atom stereocenters. The van der Waals surface area contributed by atoms with E-state index < -0.39 is 0 Å². The molecule has 5 heteroatoms. The van der Waals surface area contributed by atoms with Crippen LogP contribution in [0.4, 0.5) is 0 Å². The molecule has 0 spiro atoms. The van der Waals surface area contributed by atoms with Gasteiger partial charge in [-0.2, -0.15) is 0 Å². The van der Waals surface area contributed by atoms with E-state index >= 15 is 0 Å². The minimum atomic E-state index is -0.311. The SMILES string of the molecule is COc1ccc2c(c1)c(=O)c(C(=O)c1ccccc1)cn2Cc1ccccc1OC. The Balaban J connectivity index is 1.93. The molecule has 0 fully saturated rings. The van der Waals surface area contributed by atoms with Crippen molar-refractivity contribution in [1.29, 1.82) is 0 Å². The molecule has 0 saturated carbocycles. The van der Waals surface area contributed by atoms with Gasteiger partial charge in [0.2, 0.25) is 5.43 Å².